The van der Waals surface area contributed by atoms with E-state index in [0.717, 1.165) is 34.7 Å². The highest BCUT2D eigenvalue weighted by molar-refractivity contribution is 6.06. The van der Waals surface area contributed by atoms with Gasteiger partial charge in [0, 0.05) is 0 Å². The second-order valence-electron chi connectivity index (χ2n) is 9.07. The topological polar surface area (TPSA) is 59.0 Å². The van der Waals surface area contributed by atoms with Gasteiger partial charge in [-0.1, -0.05) is 54.6 Å². The van der Waals surface area contributed by atoms with Crippen LogP contribution in [0.4, 0.5) is 0 Å². The Kier molecular flexibility index (Phi) is 4.83. The predicted octanol–water partition coefficient (Wildman–Crippen LogP) is 4.95. The van der Waals surface area contributed by atoms with Crippen molar-refractivity contribution in [1.29, 1.82) is 0 Å². The highest BCUT2D eigenvalue weighted by atomic mass is 16.5. The first-order valence-electron chi connectivity index (χ1n) is 11.5. The number of benzene rings is 3. The van der Waals surface area contributed by atoms with Crippen LogP contribution in [-0.2, 0) is 16.2 Å². The standard InChI is InChI=1S/C28H24N2O3/c31-27-25-20-10-11-21(13-12-20)26(25)28(32)30(27)29-16-18-8-14-23(15-9-18)33-17-22-6-3-5-19-4-1-2-7-24(19)22/h1-11,14-16,20-21,25-26H,12-13,17H2/b29-16-/t20-,21-,25+,26+/m0/s1. The number of allylic oxidation sites excluding steroid dienone is 2. The molecule has 33 heavy (non-hydrogen) atoms. The minimum Gasteiger partial charge on any atom is -0.489 e. The molecule has 3 aliphatic carbocycles. The van der Waals surface area contributed by atoms with Crippen molar-refractivity contribution in [2.75, 3.05) is 0 Å². The molecule has 1 heterocycles. The molecule has 0 aromatic heterocycles. The summed E-state index contributed by atoms with van der Waals surface area (Å²) >= 11 is 0. The van der Waals surface area contributed by atoms with Gasteiger partial charge in [0.2, 0.25) is 0 Å². The Morgan fingerprint density at radius 3 is 2.21 bits per heavy atom. The highest BCUT2D eigenvalue weighted by Crippen LogP contribution is 2.49. The molecule has 2 fully saturated rings. The zero-order chi connectivity index (χ0) is 22.4. The Balaban J connectivity index is 1.13. The van der Waals surface area contributed by atoms with Crippen molar-refractivity contribution in [3.8, 4) is 5.75 Å². The third-order valence-corrected chi connectivity index (χ3v) is 7.21. The van der Waals surface area contributed by atoms with E-state index in [1.807, 2.05) is 42.5 Å². The Bertz CT molecular complexity index is 1260. The number of nitrogens with zero attached hydrogens (tertiary/aromatic N) is 2. The molecule has 0 unspecified atom stereocenters. The molecule has 3 aromatic rings. The molecule has 4 atom stereocenters. The molecular formula is C28H24N2O3. The van der Waals surface area contributed by atoms with E-state index in [9.17, 15) is 9.59 Å². The fraction of sp³-hybridized carbons (Fsp3) is 0.250. The van der Waals surface area contributed by atoms with Crippen LogP contribution in [0.3, 0.4) is 0 Å². The third kappa shape index (κ3) is 3.44. The van der Waals surface area contributed by atoms with Gasteiger partial charge >= 0.3 is 0 Å². The molecule has 0 N–H and O–H groups in total. The second kappa shape index (κ2) is 8.00. The Labute approximate surface area is 192 Å². The number of ether oxygens (including phenoxy) is 1. The molecule has 7 rings (SSSR count). The molecule has 3 aromatic carbocycles. The van der Waals surface area contributed by atoms with Gasteiger partial charge in [0.1, 0.15) is 12.4 Å². The van der Waals surface area contributed by atoms with Gasteiger partial charge in [0.05, 0.1) is 18.1 Å². The van der Waals surface area contributed by atoms with Crippen molar-refractivity contribution < 1.29 is 14.3 Å². The number of fused-ring (bicyclic) bond motifs is 2. The van der Waals surface area contributed by atoms with Gasteiger partial charge in [-0.25, -0.2) is 0 Å². The molecule has 4 aliphatic rings. The largest absolute Gasteiger partial charge is 0.489 e. The summed E-state index contributed by atoms with van der Waals surface area (Å²) in [5, 5.41) is 7.75. The maximum atomic E-state index is 12.9. The number of rotatable bonds is 5. The molecule has 1 saturated heterocycles. The van der Waals surface area contributed by atoms with Crippen molar-refractivity contribution >= 4 is 28.8 Å². The van der Waals surface area contributed by atoms with E-state index >= 15 is 0 Å². The first-order chi connectivity index (χ1) is 16.2. The fourth-order valence-electron chi connectivity index (χ4n) is 5.53. The average molecular weight is 437 g/mol. The van der Waals surface area contributed by atoms with Crippen molar-refractivity contribution in [2.24, 2.45) is 28.8 Å². The molecule has 1 saturated carbocycles. The number of hydrazone groups is 1. The summed E-state index contributed by atoms with van der Waals surface area (Å²) in [7, 11) is 0. The lowest BCUT2D eigenvalue weighted by atomic mass is 9.63. The zero-order valence-corrected chi connectivity index (χ0v) is 18.1. The number of imide groups is 1. The minimum absolute atomic E-state index is 0.157. The summed E-state index contributed by atoms with van der Waals surface area (Å²) in [5.41, 5.74) is 1.94. The van der Waals surface area contributed by atoms with Gasteiger partial charge in [0.15, 0.2) is 0 Å². The van der Waals surface area contributed by atoms with E-state index in [0.29, 0.717) is 6.61 Å². The molecule has 2 bridgehead atoms. The van der Waals surface area contributed by atoms with Crippen LogP contribution >= 0.6 is 0 Å². The summed E-state index contributed by atoms with van der Waals surface area (Å²) in [5.74, 6) is 0.323. The van der Waals surface area contributed by atoms with E-state index in [2.05, 4.69) is 41.5 Å². The molecule has 1 aliphatic heterocycles. The lowest BCUT2D eigenvalue weighted by Gasteiger charge is -2.37. The smallest absolute Gasteiger partial charge is 0.254 e. The van der Waals surface area contributed by atoms with Gasteiger partial charge in [-0.05, 0) is 70.8 Å². The van der Waals surface area contributed by atoms with E-state index in [1.165, 1.54) is 10.8 Å². The summed E-state index contributed by atoms with van der Waals surface area (Å²) in [6.07, 6.45) is 7.78. The summed E-state index contributed by atoms with van der Waals surface area (Å²) in [4.78, 5) is 25.7. The molecule has 5 heteroatoms. The van der Waals surface area contributed by atoms with E-state index in [-0.39, 0.29) is 35.5 Å². The Morgan fingerprint density at radius 1 is 0.848 bits per heavy atom. The van der Waals surface area contributed by atoms with Crippen LogP contribution in [0.15, 0.2) is 84.0 Å². The van der Waals surface area contributed by atoms with E-state index in [1.54, 1.807) is 6.21 Å². The Morgan fingerprint density at radius 2 is 1.52 bits per heavy atom. The number of carbonyl (C=O) groups is 2. The van der Waals surface area contributed by atoms with Crippen LogP contribution in [0, 0.1) is 23.7 Å². The lowest BCUT2D eigenvalue weighted by molar-refractivity contribution is -0.140. The monoisotopic (exact) mass is 436 g/mol. The third-order valence-electron chi connectivity index (χ3n) is 7.21. The molecule has 0 radical (unpaired) electrons. The highest BCUT2D eigenvalue weighted by Gasteiger charge is 2.56. The second-order valence-corrected chi connectivity index (χ2v) is 9.07. The van der Waals surface area contributed by atoms with Crippen molar-refractivity contribution in [3.05, 3.63) is 90.0 Å². The SMILES string of the molecule is O=C1[C@H]2[C@H](C(=O)N1/N=C\c1ccc(OCc3cccc4ccccc34)cc1)[C@H]1C=C[C@H]2CC1. The lowest BCUT2D eigenvalue weighted by Crippen LogP contribution is -2.38. The summed E-state index contributed by atoms with van der Waals surface area (Å²) < 4.78 is 5.99. The zero-order valence-electron chi connectivity index (χ0n) is 18.1. The first-order valence-corrected chi connectivity index (χ1v) is 11.5. The molecule has 164 valence electrons. The fourth-order valence-corrected chi connectivity index (χ4v) is 5.53. The van der Waals surface area contributed by atoms with Crippen LogP contribution < -0.4 is 4.74 Å². The minimum atomic E-state index is -0.233. The normalized spacial score (nSPS) is 25.9. The number of hydrogen-bond donors (Lipinski definition) is 0. The number of hydrogen-bond acceptors (Lipinski definition) is 4. The number of amides is 2. The number of carbonyl (C=O) groups excluding carboxylic acids is 2. The molecular weight excluding hydrogens is 412 g/mol. The molecule has 0 spiro atoms. The van der Waals surface area contributed by atoms with E-state index < -0.39 is 0 Å². The van der Waals surface area contributed by atoms with Gasteiger partial charge < -0.3 is 4.74 Å². The van der Waals surface area contributed by atoms with Crippen LogP contribution in [-0.4, -0.2) is 23.0 Å². The van der Waals surface area contributed by atoms with E-state index in [4.69, 9.17) is 4.74 Å². The maximum Gasteiger partial charge on any atom is 0.254 e. The van der Waals surface area contributed by atoms with Crippen LogP contribution in [0.2, 0.25) is 0 Å². The molecule has 2 amide bonds. The van der Waals surface area contributed by atoms with Gasteiger partial charge in [-0.15, -0.1) is 0 Å². The Hall–Kier alpha value is -3.73. The molecule has 5 nitrogen and oxygen atoms in total. The first kappa shape index (κ1) is 19.9. The average Bonchev–Trinajstić information content (AvgIpc) is 3.14. The summed E-state index contributed by atoms with van der Waals surface area (Å²) in [6, 6.07) is 22.0. The maximum absolute atomic E-state index is 12.9. The van der Waals surface area contributed by atoms with Crippen molar-refractivity contribution in [2.45, 2.75) is 19.4 Å². The van der Waals surface area contributed by atoms with Crippen LogP contribution in [0.1, 0.15) is 24.0 Å². The van der Waals surface area contributed by atoms with Gasteiger partial charge in [0.25, 0.3) is 11.8 Å². The predicted molar refractivity (Wildman–Crippen MR) is 127 cm³/mol. The van der Waals surface area contributed by atoms with Crippen LogP contribution in [0.5, 0.6) is 5.75 Å². The van der Waals surface area contributed by atoms with Gasteiger partial charge in [-0.3, -0.25) is 9.59 Å². The van der Waals surface area contributed by atoms with Crippen molar-refractivity contribution in [1.82, 2.24) is 5.01 Å². The quantitative estimate of drug-likeness (QED) is 0.323. The summed E-state index contributed by atoms with van der Waals surface area (Å²) in [6.45, 7) is 0.477. The van der Waals surface area contributed by atoms with Crippen molar-refractivity contribution in [3.63, 3.8) is 0 Å². The van der Waals surface area contributed by atoms with Crippen LogP contribution in [0.25, 0.3) is 10.8 Å². The van der Waals surface area contributed by atoms with Gasteiger partial charge in [-0.2, -0.15) is 10.1 Å².